The van der Waals surface area contributed by atoms with Gasteiger partial charge in [0.15, 0.2) is 9.84 Å². The Morgan fingerprint density at radius 3 is 2.36 bits per heavy atom. The lowest BCUT2D eigenvalue weighted by Gasteiger charge is -2.30. The molecule has 0 aliphatic rings. The van der Waals surface area contributed by atoms with E-state index < -0.39 is 15.6 Å². The van der Waals surface area contributed by atoms with E-state index in [2.05, 4.69) is 11.9 Å². The van der Waals surface area contributed by atoms with Gasteiger partial charge in [-0.1, -0.05) is 6.92 Å². The van der Waals surface area contributed by atoms with Gasteiger partial charge in [0.1, 0.15) is 5.75 Å². The van der Waals surface area contributed by atoms with Crippen molar-refractivity contribution >= 4 is 27.1 Å². The number of thiazole rings is 1. The molecule has 1 rings (SSSR count). The Morgan fingerprint density at radius 2 is 1.86 bits per heavy atom. The lowest BCUT2D eigenvalue weighted by molar-refractivity contribution is -0.131. The van der Waals surface area contributed by atoms with Gasteiger partial charge in [-0.25, -0.2) is 13.4 Å². The van der Waals surface area contributed by atoms with E-state index in [1.165, 1.54) is 11.3 Å². The zero-order chi connectivity index (χ0) is 16.9. The molecule has 0 aliphatic carbocycles. The second-order valence-corrected chi connectivity index (χ2v) is 9.01. The van der Waals surface area contributed by atoms with Crippen LogP contribution < -0.4 is 0 Å². The fourth-order valence-electron chi connectivity index (χ4n) is 2.46. The van der Waals surface area contributed by atoms with Gasteiger partial charge in [0, 0.05) is 17.5 Å². The van der Waals surface area contributed by atoms with Crippen molar-refractivity contribution in [1.29, 1.82) is 0 Å². The normalized spacial score (nSPS) is 12.1. The van der Waals surface area contributed by atoms with Crippen LogP contribution >= 0.6 is 11.3 Å². The quantitative estimate of drug-likeness (QED) is 0.726. The molecule has 5 nitrogen and oxygen atoms in total. The zero-order valence-corrected chi connectivity index (χ0v) is 15.6. The van der Waals surface area contributed by atoms with Crippen molar-refractivity contribution in [3.8, 4) is 0 Å². The highest BCUT2D eigenvalue weighted by Crippen LogP contribution is 2.15. The van der Waals surface area contributed by atoms with Crippen molar-refractivity contribution in [2.75, 3.05) is 5.75 Å². The summed E-state index contributed by atoms with van der Waals surface area (Å²) >= 11 is 1.48. The first-order valence-electron chi connectivity index (χ1n) is 7.61. The van der Waals surface area contributed by atoms with E-state index in [9.17, 15) is 13.2 Å². The Hall–Kier alpha value is -0.950. The number of aryl methyl sites for hydroxylation is 1. The first-order valence-corrected chi connectivity index (χ1v) is 10.3. The topological polar surface area (TPSA) is 67.3 Å². The van der Waals surface area contributed by atoms with Crippen LogP contribution in [-0.4, -0.2) is 42.0 Å². The smallest absolute Gasteiger partial charge is 0.238 e. The number of carbonyl (C=O) groups is 1. The minimum Gasteiger partial charge on any atom is -0.337 e. The first-order chi connectivity index (χ1) is 10.2. The minimum absolute atomic E-state index is 0.0156. The molecule has 1 aromatic heterocycles. The van der Waals surface area contributed by atoms with Crippen LogP contribution in [0, 0.1) is 0 Å². The van der Waals surface area contributed by atoms with Crippen LogP contribution in [0.1, 0.15) is 51.7 Å². The average molecular weight is 347 g/mol. The summed E-state index contributed by atoms with van der Waals surface area (Å²) in [6, 6.07) is -0.0312. The van der Waals surface area contributed by atoms with Crippen LogP contribution in [0.15, 0.2) is 5.38 Å². The number of carbonyl (C=O) groups excluding carboxylic acids is 1. The van der Waals surface area contributed by atoms with Gasteiger partial charge in [0.2, 0.25) is 5.91 Å². The highest BCUT2D eigenvalue weighted by molar-refractivity contribution is 7.91. The van der Waals surface area contributed by atoms with E-state index in [1.54, 1.807) is 10.3 Å². The van der Waals surface area contributed by atoms with E-state index in [4.69, 9.17) is 0 Å². The number of hydrogen-bond acceptors (Lipinski definition) is 5. The Bertz CT molecular complexity index is 584. The average Bonchev–Trinajstić information content (AvgIpc) is 2.73. The lowest BCUT2D eigenvalue weighted by atomic mass is 10.2. The fourth-order valence-corrected chi connectivity index (χ4v) is 4.69. The summed E-state index contributed by atoms with van der Waals surface area (Å²) in [5.41, 5.74) is 0.543. The third kappa shape index (κ3) is 5.68. The number of amides is 1. The summed E-state index contributed by atoms with van der Waals surface area (Å²) in [7, 11) is -3.49. The second kappa shape index (κ2) is 8.06. The molecule has 0 spiro atoms. The molecule has 0 saturated carbocycles. The van der Waals surface area contributed by atoms with Gasteiger partial charge in [-0.05, 0) is 40.5 Å². The van der Waals surface area contributed by atoms with E-state index >= 15 is 0 Å². The molecule has 0 radical (unpaired) electrons. The van der Waals surface area contributed by atoms with Crippen LogP contribution in [0.25, 0.3) is 0 Å². The van der Waals surface area contributed by atoms with Gasteiger partial charge < -0.3 is 4.90 Å². The molecule has 0 bridgehead atoms. The number of aromatic nitrogens is 1. The molecule has 22 heavy (non-hydrogen) atoms. The van der Waals surface area contributed by atoms with Crippen molar-refractivity contribution in [3.05, 3.63) is 16.1 Å². The molecular weight excluding hydrogens is 320 g/mol. The number of hydrogen-bond donors (Lipinski definition) is 0. The number of nitrogens with zero attached hydrogens (tertiary/aromatic N) is 2. The van der Waals surface area contributed by atoms with Crippen molar-refractivity contribution in [3.63, 3.8) is 0 Å². The van der Waals surface area contributed by atoms with Crippen molar-refractivity contribution in [2.45, 2.75) is 65.3 Å². The van der Waals surface area contributed by atoms with Gasteiger partial charge in [-0.3, -0.25) is 4.79 Å². The molecular formula is C15H26N2O3S2. The van der Waals surface area contributed by atoms with Crippen LogP contribution in [0.2, 0.25) is 0 Å². The summed E-state index contributed by atoms with van der Waals surface area (Å²) in [5.74, 6) is -0.957. The van der Waals surface area contributed by atoms with E-state index in [0.29, 0.717) is 5.69 Å². The molecule has 0 N–H and O–H groups in total. The molecule has 126 valence electrons. The van der Waals surface area contributed by atoms with Crippen LogP contribution in [0.4, 0.5) is 0 Å². The van der Waals surface area contributed by atoms with Gasteiger partial charge >= 0.3 is 0 Å². The highest BCUT2D eigenvalue weighted by atomic mass is 32.2. The largest absolute Gasteiger partial charge is 0.337 e. The van der Waals surface area contributed by atoms with E-state index in [-0.39, 0.29) is 23.7 Å². The van der Waals surface area contributed by atoms with E-state index in [1.807, 2.05) is 27.7 Å². The second-order valence-electron chi connectivity index (χ2n) is 6.00. The van der Waals surface area contributed by atoms with Gasteiger partial charge in [-0.2, -0.15) is 0 Å². The molecule has 1 aromatic rings. The minimum atomic E-state index is -3.49. The first kappa shape index (κ1) is 19.1. The summed E-state index contributed by atoms with van der Waals surface area (Å²) < 4.78 is 24.5. The maximum absolute atomic E-state index is 12.3. The maximum Gasteiger partial charge on any atom is 0.238 e. The molecule has 7 heteroatoms. The van der Waals surface area contributed by atoms with Crippen molar-refractivity contribution in [1.82, 2.24) is 9.88 Å². The molecule has 0 unspecified atom stereocenters. The fraction of sp³-hybridized carbons (Fsp3) is 0.733. The van der Waals surface area contributed by atoms with E-state index in [0.717, 1.165) is 17.8 Å². The standard InChI is InChI=1S/C15H26N2O3S2/c1-6-7-14-16-13(8-21-14)9-22(19,20)10-15(18)17(11(2)3)12(4)5/h8,11-12H,6-7,9-10H2,1-5H3. The van der Waals surface area contributed by atoms with Gasteiger partial charge in [0.05, 0.1) is 16.5 Å². The lowest BCUT2D eigenvalue weighted by Crippen LogP contribution is -2.45. The van der Waals surface area contributed by atoms with Crippen LogP contribution in [0.5, 0.6) is 0 Å². The monoisotopic (exact) mass is 346 g/mol. The maximum atomic E-state index is 12.3. The Labute approximate surface area is 137 Å². The van der Waals surface area contributed by atoms with Crippen LogP contribution in [0.3, 0.4) is 0 Å². The van der Waals surface area contributed by atoms with Gasteiger partial charge in [0.25, 0.3) is 0 Å². The Kier molecular flexibility index (Phi) is 6.99. The molecule has 1 amide bonds. The van der Waals surface area contributed by atoms with Crippen LogP contribution in [-0.2, 0) is 26.8 Å². The SMILES string of the molecule is CCCc1nc(CS(=O)(=O)CC(=O)N(C(C)C)C(C)C)cs1. The summed E-state index contributed by atoms with van der Waals surface area (Å²) in [6.07, 6.45) is 1.84. The number of rotatable bonds is 8. The predicted molar refractivity (Wildman–Crippen MR) is 90.7 cm³/mol. The highest BCUT2D eigenvalue weighted by Gasteiger charge is 2.26. The molecule has 1 heterocycles. The molecule has 0 aromatic carbocycles. The van der Waals surface area contributed by atoms with Crippen molar-refractivity contribution in [2.24, 2.45) is 0 Å². The third-order valence-corrected chi connectivity index (χ3v) is 5.55. The van der Waals surface area contributed by atoms with Crippen molar-refractivity contribution < 1.29 is 13.2 Å². The Balaban J connectivity index is 2.75. The third-order valence-electron chi connectivity index (χ3n) is 3.18. The summed E-state index contributed by atoms with van der Waals surface area (Å²) in [6.45, 7) is 9.62. The molecule has 0 atom stereocenters. The molecule has 0 aliphatic heterocycles. The van der Waals surface area contributed by atoms with Gasteiger partial charge in [-0.15, -0.1) is 11.3 Å². The molecule has 0 fully saturated rings. The molecule has 0 saturated heterocycles. The summed E-state index contributed by atoms with van der Waals surface area (Å²) in [5, 5.41) is 2.72. The Morgan fingerprint density at radius 1 is 1.27 bits per heavy atom. The summed E-state index contributed by atoms with van der Waals surface area (Å²) in [4.78, 5) is 18.2. The zero-order valence-electron chi connectivity index (χ0n) is 14.0. The number of sulfone groups is 1. The predicted octanol–water partition coefficient (Wildman–Crippen LogP) is 2.66.